The van der Waals surface area contributed by atoms with E-state index in [0.717, 1.165) is 43.2 Å². The van der Waals surface area contributed by atoms with Gasteiger partial charge in [-0.1, -0.05) is 63.6 Å². The summed E-state index contributed by atoms with van der Waals surface area (Å²) >= 11 is 0. The molecule has 2 aromatic rings. The molecule has 382 valence electrons. The summed E-state index contributed by atoms with van der Waals surface area (Å²) < 4.78 is 12.9. The van der Waals surface area contributed by atoms with Gasteiger partial charge >= 0.3 is 7.12 Å². The van der Waals surface area contributed by atoms with E-state index in [1.165, 1.54) is 17.4 Å². The molecule has 5 aliphatic rings. The standard InChI is InChI=1S/C52H78BN9O8/c1-7-8-14-34-18-20-35(21-19-34)36-22-24-37(25-23-36)46(65)57-29-26-44(63)59-40(16-10-12-28-55)49(68)62-30-13-17-41(62)48(67)58-33(2)45(64)60-39(15-9-11-27-54)47(66)61-50(56-6)53-69-43-32-38-31-42(51(38,3)4)52(43,5)70-53/h18-25,33,38-43,50H,6-17,26-32,54-55H2,1-5H3,(H,57,65)(H,58,67)(H,59,63)(H,60,64)(H,61,66). The summed E-state index contributed by atoms with van der Waals surface area (Å²) in [5.74, 6) is -1.92. The van der Waals surface area contributed by atoms with Crippen LogP contribution < -0.4 is 38.1 Å². The zero-order valence-corrected chi connectivity index (χ0v) is 42.1. The van der Waals surface area contributed by atoms with Crippen LogP contribution in [0.3, 0.4) is 0 Å². The van der Waals surface area contributed by atoms with E-state index >= 15 is 0 Å². The second kappa shape index (κ2) is 24.8. The van der Waals surface area contributed by atoms with Crippen LogP contribution in [0, 0.1) is 17.3 Å². The smallest absolute Gasteiger partial charge is 0.403 e. The molecule has 9 N–H and O–H groups in total. The van der Waals surface area contributed by atoms with E-state index in [-0.39, 0.29) is 43.4 Å². The Morgan fingerprint density at radius 2 is 1.50 bits per heavy atom. The SMILES string of the molecule is C=NC(NC(=O)C(CCCCN)NC(=O)C(C)NC(=O)C1CCCN1C(=O)C(CCCCN)NC(=O)CCNC(=O)c1ccc(-c2ccc(CCCC)cc2)cc1)B1OC2CC3CC(C3(C)C)C2(C)O1. The van der Waals surface area contributed by atoms with Crippen LogP contribution in [-0.4, -0.2) is 122 Å². The van der Waals surface area contributed by atoms with Crippen molar-refractivity contribution in [3.05, 3.63) is 59.7 Å². The van der Waals surface area contributed by atoms with Crippen molar-refractivity contribution in [1.82, 2.24) is 31.5 Å². The fraction of sp³-hybridized carbons (Fsp3) is 0.635. The number of hydrogen-bond donors (Lipinski definition) is 7. The Bertz CT molecular complexity index is 2140. The van der Waals surface area contributed by atoms with Gasteiger partial charge in [0.25, 0.3) is 5.91 Å². The average molecular weight is 968 g/mol. The van der Waals surface area contributed by atoms with Crippen molar-refractivity contribution in [2.75, 3.05) is 26.2 Å². The van der Waals surface area contributed by atoms with Gasteiger partial charge in [0, 0.05) is 25.1 Å². The Labute approximate surface area is 414 Å². The highest BCUT2D eigenvalue weighted by Crippen LogP contribution is 2.65. The molecule has 2 aliphatic heterocycles. The number of amides is 6. The Balaban J connectivity index is 0.992. The third kappa shape index (κ3) is 13.0. The molecule has 2 aromatic carbocycles. The van der Waals surface area contributed by atoms with Crippen LogP contribution in [0.4, 0.5) is 0 Å². The van der Waals surface area contributed by atoms with Gasteiger partial charge in [-0.3, -0.25) is 33.8 Å². The number of unbranched alkanes of at least 4 members (excludes halogenated alkanes) is 3. The van der Waals surface area contributed by atoms with Gasteiger partial charge in [-0.2, -0.15) is 0 Å². The van der Waals surface area contributed by atoms with E-state index in [0.29, 0.717) is 75.4 Å². The lowest BCUT2D eigenvalue weighted by molar-refractivity contribution is -0.199. The second-order valence-electron chi connectivity index (χ2n) is 20.5. The molecule has 2 saturated heterocycles. The largest absolute Gasteiger partial charge is 0.505 e. The Hall–Kier alpha value is -5.17. The summed E-state index contributed by atoms with van der Waals surface area (Å²) in [6.07, 6.45) is 8.94. The van der Waals surface area contributed by atoms with E-state index in [2.05, 4.69) is 90.3 Å². The van der Waals surface area contributed by atoms with Gasteiger partial charge in [-0.25, -0.2) is 0 Å². The van der Waals surface area contributed by atoms with E-state index < -0.39 is 72.5 Å². The van der Waals surface area contributed by atoms with E-state index in [9.17, 15) is 28.8 Å². The van der Waals surface area contributed by atoms with E-state index in [1.807, 2.05) is 12.1 Å². The molecule has 18 heteroatoms. The van der Waals surface area contributed by atoms with Crippen molar-refractivity contribution in [1.29, 1.82) is 0 Å². The predicted octanol–water partition coefficient (Wildman–Crippen LogP) is 3.95. The molecule has 9 unspecified atom stereocenters. The highest BCUT2D eigenvalue weighted by atomic mass is 16.7. The molecule has 0 aromatic heterocycles. The molecule has 7 rings (SSSR count). The number of carbonyl (C=O) groups is 6. The summed E-state index contributed by atoms with van der Waals surface area (Å²) in [6, 6.07) is 11.0. The maximum absolute atomic E-state index is 14.1. The maximum atomic E-state index is 14.1. The third-order valence-corrected chi connectivity index (χ3v) is 15.4. The topological polar surface area (TPSA) is 249 Å². The van der Waals surface area contributed by atoms with Crippen LogP contribution in [0.25, 0.3) is 11.1 Å². The molecule has 6 amide bonds. The first kappa shape index (κ1) is 54.2. The first-order valence-electron chi connectivity index (χ1n) is 25.7. The fourth-order valence-corrected chi connectivity index (χ4v) is 10.9. The van der Waals surface area contributed by atoms with Crippen molar-refractivity contribution in [2.24, 2.45) is 33.7 Å². The van der Waals surface area contributed by atoms with Crippen LogP contribution in [0.5, 0.6) is 0 Å². The number of hydrogen-bond acceptors (Lipinski definition) is 11. The zero-order chi connectivity index (χ0) is 50.6. The molecule has 3 aliphatic carbocycles. The number of nitrogens with zero attached hydrogens (tertiary/aromatic N) is 2. The molecule has 5 fully saturated rings. The van der Waals surface area contributed by atoms with Crippen molar-refractivity contribution < 1.29 is 38.1 Å². The normalized spacial score (nSPS) is 23.7. The lowest BCUT2D eigenvalue weighted by atomic mass is 9.43. The van der Waals surface area contributed by atoms with Crippen molar-refractivity contribution in [2.45, 2.75) is 166 Å². The lowest BCUT2D eigenvalue weighted by Gasteiger charge is -2.64. The van der Waals surface area contributed by atoms with Gasteiger partial charge in [0.2, 0.25) is 29.5 Å². The monoisotopic (exact) mass is 968 g/mol. The minimum absolute atomic E-state index is 0.0495. The number of likely N-dealkylation sites (tertiary alicyclic amines) is 1. The van der Waals surface area contributed by atoms with Crippen LogP contribution in [0.15, 0.2) is 53.5 Å². The molecule has 9 atom stereocenters. The number of aliphatic imine (C=N–C) groups is 1. The van der Waals surface area contributed by atoms with Crippen molar-refractivity contribution >= 4 is 49.3 Å². The Morgan fingerprint density at radius 1 is 0.843 bits per heavy atom. The number of nitrogens with two attached hydrogens (primary N) is 2. The number of carbonyl (C=O) groups excluding carboxylic acids is 6. The first-order chi connectivity index (χ1) is 33.5. The average Bonchev–Trinajstić information content (AvgIpc) is 3.99. The summed E-state index contributed by atoms with van der Waals surface area (Å²) in [5, 5.41) is 14.1. The summed E-state index contributed by atoms with van der Waals surface area (Å²) in [4.78, 5) is 87.4. The van der Waals surface area contributed by atoms with Crippen molar-refractivity contribution in [3.63, 3.8) is 0 Å². The molecule has 0 spiro atoms. The Morgan fingerprint density at radius 3 is 2.13 bits per heavy atom. The molecular formula is C52H78BN9O8. The molecule has 2 heterocycles. The maximum Gasteiger partial charge on any atom is 0.505 e. The molecular weight excluding hydrogens is 889 g/mol. The van der Waals surface area contributed by atoms with E-state index in [1.54, 1.807) is 12.1 Å². The zero-order valence-electron chi connectivity index (χ0n) is 42.1. The predicted molar refractivity (Wildman–Crippen MR) is 271 cm³/mol. The first-order valence-corrected chi connectivity index (χ1v) is 25.7. The van der Waals surface area contributed by atoms with Crippen LogP contribution in [0.1, 0.15) is 134 Å². The highest BCUT2D eigenvalue weighted by molar-refractivity contribution is 6.48. The fourth-order valence-electron chi connectivity index (χ4n) is 10.9. The Kier molecular flexibility index (Phi) is 19.2. The van der Waals surface area contributed by atoms with Crippen LogP contribution in [0.2, 0.25) is 0 Å². The van der Waals surface area contributed by atoms with E-state index in [4.69, 9.17) is 20.8 Å². The molecule has 2 bridgehead atoms. The third-order valence-electron chi connectivity index (χ3n) is 15.4. The summed E-state index contributed by atoms with van der Waals surface area (Å²) in [6.45, 7) is 15.2. The quantitative estimate of drug-likeness (QED) is 0.0407. The summed E-state index contributed by atoms with van der Waals surface area (Å²) in [7, 11) is -0.845. The summed E-state index contributed by atoms with van der Waals surface area (Å²) in [5.41, 5.74) is 15.0. The highest BCUT2D eigenvalue weighted by Gasteiger charge is 2.68. The number of nitrogens with one attached hydrogen (secondary N) is 5. The minimum Gasteiger partial charge on any atom is -0.403 e. The molecule has 0 radical (unpaired) electrons. The number of rotatable bonds is 26. The second-order valence-corrected chi connectivity index (χ2v) is 20.5. The van der Waals surface area contributed by atoms with Crippen LogP contribution >= 0.6 is 0 Å². The number of benzene rings is 2. The van der Waals surface area contributed by atoms with Gasteiger partial charge < -0.3 is 52.3 Å². The molecule has 70 heavy (non-hydrogen) atoms. The molecule has 17 nitrogen and oxygen atoms in total. The van der Waals surface area contributed by atoms with Gasteiger partial charge in [-0.05, 0) is 157 Å². The van der Waals surface area contributed by atoms with Crippen LogP contribution in [-0.2, 0) is 39.7 Å². The lowest BCUT2D eigenvalue weighted by Crippen LogP contribution is -2.65. The van der Waals surface area contributed by atoms with Gasteiger partial charge in [-0.15, -0.1) is 0 Å². The minimum atomic E-state index is -1.07. The van der Waals surface area contributed by atoms with Crippen molar-refractivity contribution in [3.8, 4) is 11.1 Å². The molecule has 3 saturated carbocycles. The van der Waals surface area contributed by atoms with Gasteiger partial charge in [0.15, 0.2) is 6.07 Å². The van der Waals surface area contributed by atoms with Gasteiger partial charge in [0.1, 0.15) is 24.2 Å². The number of aryl methyl sites for hydroxylation is 1. The van der Waals surface area contributed by atoms with Gasteiger partial charge in [0.05, 0.1) is 11.7 Å².